The van der Waals surface area contributed by atoms with Gasteiger partial charge >= 0.3 is 0 Å². The van der Waals surface area contributed by atoms with Crippen LogP contribution in [-0.4, -0.2) is 37.8 Å². The number of para-hydroxylation sites is 1. The maximum atomic E-state index is 12.9. The van der Waals surface area contributed by atoms with Crippen LogP contribution in [0.5, 0.6) is 5.75 Å². The molecule has 0 bridgehead atoms. The van der Waals surface area contributed by atoms with E-state index in [1.165, 1.54) is 16.4 Å². The number of furan rings is 1. The summed E-state index contributed by atoms with van der Waals surface area (Å²) in [5.74, 6) is 0.0221. The molecule has 0 radical (unpaired) electrons. The van der Waals surface area contributed by atoms with E-state index in [4.69, 9.17) is 9.15 Å². The van der Waals surface area contributed by atoms with Gasteiger partial charge in [-0.15, -0.1) is 0 Å². The highest BCUT2D eigenvalue weighted by atomic mass is 32.2. The molecule has 1 aromatic heterocycles. The van der Waals surface area contributed by atoms with Crippen LogP contribution in [0.4, 0.5) is 5.69 Å². The van der Waals surface area contributed by atoms with E-state index in [0.29, 0.717) is 24.4 Å². The lowest BCUT2D eigenvalue weighted by molar-refractivity contribution is 0.0997. The quantitative estimate of drug-likeness (QED) is 0.568. The molecule has 1 heterocycles. The van der Waals surface area contributed by atoms with Crippen molar-refractivity contribution < 1.29 is 22.4 Å². The third kappa shape index (κ3) is 4.49. The van der Waals surface area contributed by atoms with Crippen molar-refractivity contribution in [2.24, 2.45) is 0 Å². The van der Waals surface area contributed by atoms with E-state index < -0.39 is 15.9 Å². The van der Waals surface area contributed by atoms with E-state index in [2.05, 4.69) is 5.32 Å². The van der Waals surface area contributed by atoms with Gasteiger partial charge in [0.2, 0.25) is 10.0 Å². The molecule has 1 amide bonds. The number of rotatable bonds is 8. The maximum absolute atomic E-state index is 12.9. The van der Waals surface area contributed by atoms with Crippen molar-refractivity contribution in [2.75, 3.05) is 18.4 Å². The van der Waals surface area contributed by atoms with Crippen LogP contribution in [0, 0.1) is 0 Å². The van der Waals surface area contributed by atoms with Gasteiger partial charge in [0.1, 0.15) is 11.3 Å². The van der Waals surface area contributed by atoms with Gasteiger partial charge in [-0.1, -0.05) is 32.0 Å². The standard InChI is InChI=1S/C22H26N2O5S/c1-5-24(6-2)30(26,27)17-11-12-20(28-15(3)4)18(14-17)23-22(25)21-13-16-9-7-8-10-19(16)29-21/h7-15H,5-6H2,1-4H3,(H,23,25). The summed E-state index contributed by atoms with van der Waals surface area (Å²) in [6, 6.07) is 13.4. The highest BCUT2D eigenvalue weighted by Gasteiger charge is 2.24. The average molecular weight is 431 g/mol. The highest BCUT2D eigenvalue weighted by Crippen LogP contribution is 2.31. The van der Waals surface area contributed by atoms with Crippen LogP contribution in [0.3, 0.4) is 0 Å². The second kappa shape index (κ2) is 8.89. The summed E-state index contributed by atoms with van der Waals surface area (Å²) in [5.41, 5.74) is 0.863. The van der Waals surface area contributed by atoms with Gasteiger partial charge in [0.15, 0.2) is 5.76 Å². The number of hydrogen-bond acceptors (Lipinski definition) is 5. The Balaban J connectivity index is 1.98. The summed E-state index contributed by atoms with van der Waals surface area (Å²) in [4.78, 5) is 12.9. The molecule has 0 unspecified atom stereocenters. The maximum Gasteiger partial charge on any atom is 0.291 e. The van der Waals surface area contributed by atoms with Gasteiger partial charge < -0.3 is 14.5 Å². The molecule has 7 nitrogen and oxygen atoms in total. The number of benzene rings is 2. The topological polar surface area (TPSA) is 88.9 Å². The molecule has 0 spiro atoms. The third-order valence-electron chi connectivity index (χ3n) is 4.55. The monoisotopic (exact) mass is 430 g/mol. The Bertz CT molecular complexity index is 1110. The number of carbonyl (C=O) groups excluding carboxylic acids is 1. The van der Waals surface area contributed by atoms with Gasteiger partial charge in [-0.2, -0.15) is 4.31 Å². The summed E-state index contributed by atoms with van der Waals surface area (Å²) in [6.45, 7) is 7.97. The van der Waals surface area contributed by atoms with E-state index in [1.807, 2.05) is 32.0 Å². The summed E-state index contributed by atoms with van der Waals surface area (Å²) in [7, 11) is -3.69. The molecule has 0 saturated heterocycles. The minimum absolute atomic E-state index is 0.0854. The minimum Gasteiger partial charge on any atom is -0.489 e. The molecule has 160 valence electrons. The smallest absolute Gasteiger partial charge is 0.291 e. The number of carbonyl (C=O) groups is 1. The van der Waals surface area contributed by atoms with E-state index in [-0.39, 0.29) is 22.4 Å². The van der Waals surface area contributed by atoms with E-state index in [0.717, 1.165) is 5.39 Å². The highest BCUT2D eigenvalue weighted by molar-refractivity contribution is 7.89. The molecule has 30 heavy (non-hydrogen) atoms. The fourth-order valence-corrected chi connectivity index (χ4v) is 4.60. The van der Waals surface area contributed by atoms with E-state index in [1.54, 1.807) is 32.0 Å². The summed E-state index contributed by atoms with van der Waals surface area (Å²) in [6.07, 6.45) is -0.155. The van der Waals surface area contributed by atoms with Crippen LogP contribution < -0.4 is 10.1 Å². The number of anilines is 1. The minimum atomic E-state index is -3.69. The van der Waals surface area contributed by atoms with Gasteiger partial charge in [-0.3, -0.25) is 4.79 Å². The largest absolute Gasteiger partial charge is 0.489 e. The molecule has 0 saturated carbocycles. The number of ether oxygens (including phenoxy) is 1. The Morgan fingerprint density at radius 2 is 1.80 bits per heavy atom. The van der Waals surface area contributed by atoms with E-state index in [9.17, 15) is 13.2 Å². The summed E-state index contributed by atoms with van der Waals surface area (Å²) >= 11 is 0. The molecule has 0 atom stereocenters. The Morgan fingerprint density at radius 1 is 1.10 bits per heavy atom. The van der Waals surface area contributed by atoms with Crippen LogP contribution >= 0.6 is 0 Å². The second-order valence-electron chi connectivity index (χ2n) is 7.02. The average Bonchev–Trinajstić information content (AvgIpc) is 3.14. The van der Waals surface area contributed by atoms with Gasteiger partial charge in [0.25, 0.3) is 5.91 Å². The lowest BCUT2D eigenvalue weighted by atomic mass is 10.2. The second-order valence-corrected chi connectivity index (χ2v) is 8.95. The first-order valence-electron chi connectivity index (χ1n) is 9.87. The van der Waals surface area contributed by atoms with Gasteiger partial charge in [0.05, 0.1) is 16.7 Å². The van der Waals surface area contributed by atoms with Gasteiger partial charge in [-0.25, -0.2) is 8.42 Å². The number of hydrogen-bond donors (Lipinski definition) is 1. The number of fused-ring (bicyclic) bond motifs is 1. The normalized spacial score (nSPS) is 11.9. The van der Waals surface area contributed by atoms with Crippen molar-refractivity contribution in [3.63, 3.8) is 0 Å². The van der Waals surface area contributed by atoms with Crippen LogP contribution in [0.15, 0.2) is 57.8 Å². The number of amides is 1. The number of nitrogens with zero attached hydrogens (tertiary/aromatic N) is 1. The van der Waals surface area contributed by atoms with Crippen LogP contribution in [0.1, 0.15) is 38.2 Å². The van der Waals surface area contributed by atoms with Gasteiger partial charge in [-0.05, 0) is 44.2 Å². The first-order valence-corrected chi connectivity index (χ1v) is 11.3. The van der Waals surface area contributed by atoms with Gasteiger partial charge in [0, 0.05) is 18.5 Å². The summed E-state index contributed by atoms with van der Waals surface area (Å²) in [5, 5.41) is 3.54. The Morgan fingerprint density at radius 3 is 2.43 bits per heavy atom. The van der Waals surface area contributed by atoms with Crippen molar-refractivity contribution >= 4 is 32.6 Å². The molecular weight excluding hydrogens is 404 g/mol. The fourth-order valence-electron chi connectivity index (χ4n) is 3.11. The lowest BCUT2D eigenvalue weighted by Crippen LogP contribution is -2.30. The Labute approximate surface area is 176 Å². The van der Waals surface area contributed by atoms with Crippen LogP contribution in [0.2, 0.25) is 0 Å². The van der Waals surface area contributed by atoms with Crippen molar-refractivity contribution in [2.45, 2.75) is 38.7 Å². The molecule has 1 N–H and O–H groups in total. The molecule has 0 aliphatic heterocycles. The molecule has 2 aromatic carbocycles. The zero-order valence-electron chi connectivity index (χ0n) is 17.5. The third-order valence-corrected chi connectivity index (χ3v) is 6.60. The number of nitrogens with one attached hydrogen (secondary N) is 1. The lowest BCUT2D eigenvalue weighted by Gasteiger charge is -2.20. The molecule has 0 fully saturated rings. The van der Waals surface area contributed by atoms with Crippen LogP contribution in [0.25, 0.3) is 11.0 Å². The van der Waals surface area contributed by atoms with Crippen molar-refractivity contribution in [3.8, 4) is 5.75 Å². The van der Waals surface area contributed by atoms with Crippen molar-refractivity contribution in [3.05, 3.63) is 54.3 Å². The predicted molar refractivity (Wildman–Crippen MR) is 116 cm³/mol. The Kier molecular flexibility index (Phi) is 6.48. The van der Waals surface area contributed by atoms with Crippen molar-refractivity contribution in [1.29, 1.82) is 0 Å². The summed E-state index contributed by atoms with van der Waals surface area (Å²) < 4.78 is 38.6. The Hall–Kier alpha value is -2.84. The van der Waals surface area contributed by atoms with Crippen LogP contribution in [-0.2, 0) is 10.0 Å². The first kappa shape index (κ1) is 21.9. The fraction of sp³-hybridized carbons (Fsp3) is 0.318. The SMILES string of the molecule is CCN(CC)S(=O)(=O)c1ccc(OC(C)C)c(NC(=O)c2cc3ccccc3o2)c1. The molecule has 0 aliphatic rings. The molecule has 3 aromatic rings. The first-order chi connectivity index (χ1) is 14.3. The molecule has 3 rings (SSSR count). The molecular formula is C22H26N2O5S. The molecule has 8 heteroatoms. The zero-order valence-corrected chi connectivity index (χ0v) is 18.3. The molecule has 0 aliphatic carbocycles. The zero-order chi connectivity index (χ0) is 21.9. The number of sulfonamides is 1. The van der Waals surface area contributed by atoms with E-state index >= 15 is 0 Å². The van der Waals surface area contributed by atoms with Crippen molar-refractivity contribution in [1.82, 2.24) is 4.31 Å². The predicted octanol–water partition coefficient (Wildman–Crippen LogP) is 4.50.